The van der Waals surface area contributed by atoms with E-state index < -0.39 is 11.7 Å². The van der Waals surface area contributed by atoms with E-state index in [2.05, 4.69) is 15.3 Å². The Morgan fingerprint density at radius 1 is 1.17 bits per heavy atom. The number of ether oxygens (including phenoxy) is 2. The highest BCUT2D eigenvalue weighted by Crippen LogP contribution is 2.50. The molecule has 1 aromatic rings. The standard InChI is InChI=1S/C10H12F3N3O2/c1-17-6-5-7(18-2)15-8(14-6)16-9(3-4-9)10(11,12)13/h5H,3-4H2,1-2H3,(H,14,15,16). The SMILES string of the molecule is COc1cc(OC)nc(NC2(C(F)(F)F)CC2)n1. The van der Waals surface area contributed by atoms with Gasteiger partial charge in [-0.1, -0.05) is 0 Å². The predicted molar refractivity (Wildman–Crippen MR) is 56.8 cm³/mol. The van der Waals surface area contributed by atoms with Crippen molar-refractivity contribution in [2.75, 3.05) is 19.5 Å². The van der Waals surface area contributed by atoms with Gasteiger partial charge in [-0.3, -0.25) is 0 Å². The molecular formula is C10H12F3N3O2. The molecule has 0 aromatic carbocycles. The lowest BCUT2D eigenvalue weighted by Crippen LogP contribution is -2.39. The number of alkyl halides is 3. The minimum atomic E-state index is -4.33. The molecule has 0 radical (unpaired) electrons. The van der Waals surface area contributed by atoms with E-state index in [1.807, 2.05) is 0 Å². The third kappa shape index (κ3) is 2.27. The molecule has 18 heavy (non-hydrogen) atoms. The normalized spacial score (nSPS) is 17.2. The zero-order chi connectivity index (χ0) is 13.4. The van der Waals surface area contributed by atoms with Crippen LogP contribution in [0.15, 0.2) is 6.07 Å². The largest absolute Gasteiger partial charge is 0.481 e. The van der Waals surface area contributed by atoms with Gasteiger partial charge in [-0.2, -0.15) is 23.1 Å². The molecule has 1 saturated carbocycles. The summed E-state index contributed by atoms with van der Waals surface area (Å²) < 4.78 is 48.0. The third-order valence-electron chi connectivity index (χ3n) is 2.74. The van der Waals surface area contributed by atoms with Gasteiger partial charge in [-0.25, -0.2) is 0 Å². The van der Waals surface area contributed by atoms with E-state index in [-0.39, 0.29) is 30.5 Å². The van der Waals surface area contributed by atoms with Crippen molar-refractivity contribution in [2.24, 2.45) is 0 Å². The first-order valence-corrected chi connectivity index (χ1v) is 5.22. The zero-order valence-corrected chi connectivity index (χ0v) is 9.84. The molecular weight excluding hydrogens is 251 g/mol. The van der Waals surface area contributed by atoms with Crippen LogP contribution in [0.4, 0.5) is 19.1 Å². The van der Waals surface area contributed by atoms with Gasteiger partial charge in [0.05, 0.1) is 20.3 Å². The molecule has 5 nitrogen and oxygen atoms in total. The molecule has 0 aliphatic heterocycles. The molecule has 1 fully saturated rings. The van der Waals surface area contributed by atoms with Crippen LogP contribution in [0, 0.1) is 0 Å². The zero-order valence-electron chi connectivity index (χ0n) is 9.84. The molecule has 0 unspecified atom stereocenters. The van der Waals surface area contributed by atoms with Crippen molar-refractivity contribution in [1.82, 2.24) is 9.97 Å². The Labute approximate surface area is 101 Å². The number of halogens is 3. The maximum atomic E-state index is 12.8. The van der Waals surface area contributed by atoms with Crippen LogP contribution in [0.1, 0.15) is 12.8 Å². The van der Waals surface area contributed by atoms with E-state index in [1.54, 1.807) is 0 Å². The van der Waals surface area contributed by atoms with Crippen molar-refractivity contribution in [3.8, 4) is 11.8 Å². The maximum absolute atomic E-state index is 12.8. The molecule has 0 spiro atoms. The first kappa shape index (κ1) is 12.7. The van der Waals surface area contributed by atoms with Gasteiger partial charge in [0, 0.05) is 0 Å². The molecule has 1 aromatic heterocycles. The average Bonchev–Trinajstić information content (AvgIpc) is 3.08. The number of anilines is 1. The molecule has 1 heterocycles. The van der Waals surface area contributed by atoms with Crippen LogP contribution in [0.2, 0.25) is 0 Å². The van der Waals surface area contributed by atoms with E-state index in [0.29, 0.717) is 0 Å². The summed E-state index contributed by atoms with van der Waals surface area (Å²) in [7, 11) is 2.73. The van der Waals surface area contributed by atoms with E-state index >= 15 is 0 Å². The van der Waals surface area contributed by atoms with Gasteiger partial charge in [0.25, 0.3) is 0 Å². The first-order chi connectivity index (χ1) is 8.40. The predicted octanol–water partition coefficient (Wildman–Crippen LogP) is 2.00. The molecule has 2 rings (SSSR count). The Morgan fingerprint density at radius 2 is 1.67 bits per heavy atom. The topological polar surface area (TPSA) is 56.3 Å². The number of aromatic nitrogens is 2. The lowest BCUT2D eigenvalue weighted by Gasteiger charge is -2.20. The lowest BCUT2D eigenvalue weighted by molar-refractivity contribution is -0.151. The summed E-state index contributed by atoms with van der Waals surface area (Å²) >= 11 is 0. The van der Waals surface area contributed by atoms with Crippen LogP contribution in [-0.4, -0.2) is 35.9 Å². The third-order valence-corrected chi connectivity index (χ3v) is 2.74. The van der Waals surface area contributed by atoms with Gasteiger partial charge in [0.2, 0.25) is 17.7 Å². The van der Waals surface area contributed by atoms with Gasteiger partial charge in [-0.05, 0) is 12.8 Å². The second kappa shape index (κ2) is 4.18. The molecule has 1 N–H and O–H groups in total. The highest BCUT2D eigenvalue weighted by molar-refractivity contribution is 5.39. The lowest BCUT2D eigenvalue weighted by atomic mass is 10.2. The van der Waals surface area contributed by atoms with Gasteiger partial charge < -0.3 is 14.8 Å². The average molecular weight is 263 g/mol. The Hall–Kier alpha value is -1.73. The van der Waals surface area contributed by atoms with Crippen LogP contribution >= 0.6 is 0 Å². The number of nitrogens with one attached hydrogen (secondary N) is 1. The smallest absolute Gasteiger partial charge is 0.411 e. The van der Waals surface area contributed by atoms with Crippen LogP contribution in [0.3, 0.4) is 0 Å². The van der Waals surface area contributed by atoms with E-state index in [1.165, 1.54) is 20.3 Å². The molecule has 8 heteroatoms. The van der Waals surface area contributed by atoms with Crippen molar-refractivity contribution < 1.29 is 22.6 Å². The second-order valence-corrected chi connectivity index (χ2v) is 3.98. The van der Waals surface area contributed by atoms with Crippen molar-refractivity contribution >= 4 is 5.95 Å². The Morgan fingerprint density at radius 3 is 2.00 bits per heavy atom. The van der Waals surface area contributed by atoms with E-state index in [9.17, 15) is 13.2 Å². The molecule has 0 saturated heterocycles. The van der Waals surface area contributed by atoms with Gasteiger partial charge >= 0.3 is 6.18 Å². The van der Waals surface area contributed by atoms with Crippen molar-refractivity contribution in [2.45, 2.75) is 24.6 Å². The van der Waals surface area contributed by atoms with Crippen molar-refractivity contribution in [3.63, 3.8) is 0 Å². The fourth-order valence-electron chi connectivity index (χ4n) is 1.49. The number of hydrogen-bond acceptors (Lipinski definition) is 5. The molecule has 1 aliphatic rings. The minimum absolute atomic E-state index is 0.0133. The number of nitrogens with zero attached hydrogens (tertiary/aromatic N) is 2. The molecule has 100 valence electrons. The van der Waals surface area contributed by atoms with E-state index in [4.69, 9.17) is 9.47 Å². The Kier molecular flexibility index (Phi) is 2.95. The summed E-state index contributed by atoms with van der Waals surface area (Å²) in [6.45, 7) is 0. The molecule has 1 aliphatic carbocycles. The quantitative estimate of drug-likeness (QED) is 0.900. The first-order valence-electron chi connectivity index (χ1n) is 5.22. The summed E-state index contributed by atoms with van der Waals surface area (Å²) in [6.07, 6.45) is -4.30. The number of methoxy groups -OCH3 is 2. The highest BCUT2D eigenvalue weighted by atomic mass is 19.4. The highest BCUT2D eigenvalue weighted by Gasteiger charge is 2.64. The molecule has 0 atom stereocenters. The summed E-state index contributed by atoms with van der Waals surface area (Å²) in [5, 5.41) is 2.31. The summed E-state index contributed by atoms with van der Waals surface area (Å²) in [5.41, 5.74) is -1.91. The fourth-order valence-corrected chi connectivity index (χ4v) is 1.49. The van der Waals surface area contributed by atoms with Crippen LogP contribution in [-0.2, 0) is 0 Å². The second-order valence-electron chi connectivity index (χ2n) is 3.98. The van der Waals surface area contributed by atoms with Crippen LogP contribution < -0.4 is 14.8 Å². The van der Waals surface area contributed by atoms with Crippen molar-refractivity contribution in [1.29, 1.82) is 0 Å². The minimum Gasteiger partial charge on any atom is -0.481 e. The molecule has 0 amide bonds. The molecule has 0 bridgehead atoms. The summed E-state index contributed by atoms with van der Waals surface area (Å²) in [4.78, 5) is 7.63. The number of hydrogen-bond donors (Lipinski definition) is 1. The van der Waals surface area contributed by atoms with Gasteiger partial charge in [0.15, 0.2) is 0 Å². The summed E-state index contributed by atoms with van der Waals surface area (Å²) in [5.74, 6) is 0.130. The van der Waals surface area contributed by atoms with Gasteiger partial charge in [0.1, 0.15) is 5.54 Å². The summed E-state index contributed by atoms with van der Waals surface area (Å²) in [6, 6.07) is 1.39. The van der Waals surface area contributed by atoms with Crippen LogP contribution in [0.25, 0.3) is 0 Å². The Balaban J connectivity index is 2.24. The van der Waals surface area contributed by atoms with E-state index in [0.717, 1.165) is 0 Å². The van der Waals surface area contributed by atoms with Gasteiger partial charge in [-0.15, -0.1) is 0 Å². The Bertz CT molecular complexity index is 424. The maximum Gasteiger partial charge on any atom is 0.411 e. The number of rotatable bonds is 4. The fraction of sp³-hybridized carbons (Fsp3) is 0.600. The van der Waals surface area contributed by atoms with Crippen molar-refractivity contribution in [3.05, 3.63) is 6.07 Å². The monoisotopic (exact) mass is 263 g/mol. The van der Waals surface area contributed by atoms with Crippen LogP contribution in [0.5, 0.6) is 11.8 Å².